The molecule has 13 rings (SSSR count). The molecule has 3 aromatic carbocycles. The predicted molar refractivity (Wildman–Crippen MR) is 293 cm³/mol. The molecule has 0 radical (unpaired) electrons. The smallest absolute Gasteiger partial charge is 0.355 e. The van der Waals surface area contributed by atoms with E-state index in [9.17, 15) is 33.9 Å². The maximum Gasteiger partial charge on any atom is 0.355 e. The van der Waals surface area contributed by atoms with Crippen LogP contribution in [0.25, 0.3) is 21.3 Å². The summed E-state index contributed by atoms with van der Waals surface area (Å²) in [6, 6.07) is 21.5. The molecule has 6 heterocycles. The van der Waals surface area contributed by atoms with E-state index in [1.54, 1.807) is 24.4 Å². The van der Waals surface area contributed by atoms with Gasteiger partial charge in [0.1, 0.15) is 11.9 Å². The number of aromatic nitrogens is 4. The second kappa shape index (κ2) is 20.0. The van der Waals surface area contributed by atoms with Crippen LogP contribution in [0.1, 0.15) is 135 Å². The van der Waals surface area contributed by atoms with Gasteiger partial charge < -0.3 is 26.0 Å². The molecule has 7 aliphatic rings. The first-order valence-corrected chi connectivity index (χ1v) is 27.9. The Balaban J connectivity index is 0.652. The fraction of sp³-hybridized carbons (Fsp3) is 0.407. The Morgan fingerprint density at radius 2 is 1.65 bits per heavy atom. The molecule has 4 aliphatic carbocycles. The molecule has 17 nitrogen and oxygen atoms in total. The molecule has 0 spiro atoms. The number of aromatic carboxylic acids is 1. The van der Waals surface area contributed by atoms with Crippen LogP contribution in [0.2, 0.25) is 0 Å². The first-order chi connectivity index (χ1) is 37.2. The molecule has 5 N–H and O–H groups in total. The third-order valence-corrected chi connectivity index (χ3v) is 18.2. The molecule has 6 aromatic rings. The van der Waals surface area contributed by atoms with Gasteiger partial charge in [-0.05, 0) is 148 Å². The zero-order valence-electron chi connectivity index (χ0n) is 43.2. The SMILES string of the molecule is C=C1CCC(N2C(=O)c3cccc(NCCCCCCNC(=O)C45CC6CC(CC(Cn7ncc(-c8ccc(N9CCc%10cccc(C(=O)Nc%11nc%12ccccc%12s%11)c%10C9)nc8C(=O)O)c7C)(C6)C4)C5)c3C2=O)C(=O)N1. The largest absolute Gasteiger partial charge is 0.476 e. The van der Waals surface area contributed by atoms with Gasteiger partial charge >= 0.3 is 5.97 Å². The number of imide groups is 1. The van der Waals surface area contributed by atoms with Crippen LogP contribution < -0.4 is 26.2 Å². The summed E-state index contributed by atoms with van der Waals surface area (Å²) in [6.45, 7) is 8.67. The van der Waals surface area contributed by atoms with Gasteiger partial charge in [-0.1, -0.05) is 61.1 Å². The van der Waals surface area contributed by atoms with Crippen LogP contribution in [0.3, 0.4) is 0 Å². The lowest BCUT2D eigenvalue weighted by atomic mass is 9.44. The molecule has 3 unspecified atom stereocenters. The van der Waals surface area contributed by atoms with E-state index in [2.05, 4.69) is 32.8 Å². The van der Waals surface area contributed by atoms with Crippen molar-refractivity contribution >= 4 is 73.7 Å². The van der Waals surface area contributed by atoms with Crippen molar-refractivity contribution < 1.29 is 33.9 Å². The number of para-hydroxylation sites is 1. The Bertz CT molecular complexity index is 3390. The lowest BCUT2D eigenvalue weighted by Gasteiger charge is -2.61. The number of benzene rings is 3. The van der Waals surface area contributed by atoms with Gasteiger partial charge in [-0.2, -0.15) is 5.10 Å². The number of amides is 5. The van der Waals surface area contributed by atoms with Gasteiger partial charge in [0.25, 0.3) is 17.7 Å². The van der Waals surface area contributed by atoms with Gasteiger partial charge in [0.15, 0.2) is 10.8 Å². The van der Waals surface area contributed by atoms with Gasteiger partial charge in [-0.3, -0.25) is 38.9 Å². The minimum Gasteiger partial charge on any atom is -0.476 e. The van der Waals surface area contributed by atoms with E-state index in [0.717, 1.165) is 96.1 Å². The number of piperidine rings is 1. The summed E-state index contributed by atoms with van der Waals surface area (Å²) in [5.74, 6) is -1.04. The zero-order valence-corrected chi connectivity index (χ0v) is 44.0. The van der Waals surface area contributed by atoms with Crippen LogP contribution in [0.5, 0.6) is 0 Å². The molecule has 18 heteroatoms. The number of unbranched alkanes of at least 4 members (excludes halogenated alkanes) is 3. The van der Waals surface area contributed by atoms with Gasteiger partial charge in [-0.15, -0.1) is 0 Å². The number of thiazole rings is 1. The number of rotatable bonds is 17. The first-order valence-electron chi connectivity index (χ1n) is 27.1. The Morgan fingerprint density at radius 1 is 0.857 bits per heavy atom. The molecule has 396 valence electrons. The first kappa shape index (κ1) is 50.1. The van der Waals surface area contributed by atoms with Crippen molar-refractivity contribution in [3.8, 4) is 11.1 Å². The molecular weight excluding hydrogens is 993 g/mol. The lowest BCUT2D eigenvalue weighted by Crippen LogP contribution is -2.58. The highest BCUT2D eigenvalue weighted by molar-refractivity contribution is 7.22. The van der Waals surface area contributed by atoms with Crippen LogP contribution >= 0.6 is 11.3 Å². The van der Waals surface area contributed by atoms with Crippen LogP contribution in [0.15, 0.2) is 91.3 Å². The number of anilines is 3. The number of carboxylic acid groups (broad SMARTS) is 1. The highest BCUT2D eigenvalue weighted by Crippen LogP contribution is 2.66. The summed E-state index contributed by atoms with van der Waals surface area (Å²) in [5.41, 5.74) is 6.62. The quantitative estimate of drug-likeness (QED) is 0.0427. The number of carbonyl (C=O) groups excluding carboxylic acids is 5. The Kier molecular flexibility index (Phi) is 13.0. The second-order valence-electron chi connectivity index (χ2n) is 22.4. The number of hydrogen-bond acceptors (Lipinski definition) is 12. The minimum atomic E-state index is -1.13. The van der Waals surface area contributed by atoms with E-state index in [1.807, 2.05) is 71.1 Å². The predicted octanol–water partition coefficient (Wildman–Crippen LogP) is 9.14. The summed E-state index contributed by atoms with van der Waals surface area (Å²) in [7, 11) is 0. The molecule has 77 heavy (non-hydrogen) atoms. The second-order valence-corrected chi connectivity index (χ2v) is 23.5. The molecule has 3 aromatic heterocycles. The molecular formula is C59H62N10O7S. The van der Waals surface area contributed by atoms with E-state index >= 15 is 0 Å². The lowest BCUT2D eigenvalue weighted by molar-refractivity contribution is -0.159. The maximum atomic E-state index is 14.3. The molecule has 5 fully saturated rings. The van der Waals surface area contributed by atoms with Gasteiger partial charge in [-0.25, -0.2) is 14.8 Å². The van der Waals surface area contributed by atoms with Crippen molar-refractivity contribution in [3.63, 3.8) is 0 Å². The van der Waals surface area contributed by atoms with Crippen LogP contribution in [-0.2, 0) is 29.1 Å². The van der Waals surface area contributed by atoms with E-state index in [-0.39, 0.29) is 28.8 Å². The van der Waals surface area contributed by atoms with Gasteiger partial charge in [0.05, 0.1) is 33.0 Å². The van der Waals surface area contributed by atoms with E-state index in [1.165, 1.54) is 11.3 Å². The third-order valence-electron chi connectivity index (χ3n) is 17.3. The van der Waals surface area contributed by atoms with Crippen LogP contribution in [0.4, 0.5) is 16.6 Å². The molecule has 3 atom stereocenters. The molecule has 4 bridgehead atoms. The van der Waals surface area contributed by atoms with Crippen molar-refractivity contribution in [1.82, 2.24) is 35.3 Å². The number of carbonyl (C=O) groups is 6. The maximum absolute atomic E-state index is 14.3. The number of pyridine rings is 1. The van der Waals surface area contributed by atoms with Crippen LogP contribution in [-0.4, -0.2) is 90.9 Å². The number of allylic oxidation sites excluding steroid dienone is 1. The van der Waals surface area contributed by atoms with E-state index < -0.39 is 29.2 Å². The Morgan fingerprint density at radius 3 is 2.44 bits per heavy atom. The topological polar surface area (TPSA) is 221 Å². The standard InChI is InChI=1S/C59H62N10O7S/c1-34-17-19-46(52(71)63-34)69-53(72)41-13-10-15-45(49(41)54(69)73)60-22-7-3-4-8-23-61-56(76)59-28-36-25-37(29-59)27-58(26-36,32-59)33-68-35(2)42(30-62-68)39-18-20-48(65-50(39)55(74)75)67-24-21-38-11-9-12-40(43(38)31-67)51(70)66-57-64-44-14-5-6-16-47(44)77-57/h5-6,9-16,18,20,30,36-37,46,60H,1,3-4,7-8,17,19,21-29,31-33H2,2H3,(H,61,76)(H,63,71)(H,74,75)(H,64,66,70). The van der Waals surface area contributed by atoms with E-state index in [0.29, 0.717) is 114 Å². The van der Waals surface area contributed by atoms with Gasteiger partial charge in [0.2, 0.25) is 11.8 Å². The monoisotopic (exact) mass is 1050 g/mol. The third kappa shape index (κ3) is 9.33. The summed E-state index contributed by atoms with van der Waals surface area (Å²) < 4.78 is 3.01. The Hall–Kier alpha value is -7.73. The average molecular weight is 1060 g/mol. The summed E-state index contributed by atoms with van der Waals surface area (Å²) in [6.07, 6.45) is 12.7. The summed E-state index contributed by atoms with van der Waals surface area (Å²) in [5, 5.41) is 28.4. The van der Waals surface area contributed by atoms with Crippen molar-refractivity contribution in [3.05, 3.63) is 130 Å². The zero-order chi connectivity index (χ0) is 53.2. The van der Waals surface area contributed by atoms with E-state index in [4.69, 9.17) is 10.1 Å². The van der Waals surface area contributed by atoms with Gasteiger partial charge in [0, 0.05) is 66.5 Å². The minimum absolute atomic E-state index is 0.0566. The number of carboxylic acids is 1. The molecule has 4 saturated carbocycles. The number of nitrogens with one attached hydrogen (secondary N) is 4. The van der Waals surface area contributed by atoms with Crippen molar-refractivity contribution in [2.45, 2.75) is 110 Å². The average Bonchev–Trinajstić information content (AvgIpc) is 4.11. The highest BCUT2D eigenvalue weighted by Gasteiger charge is 2.60. The number of fused-ring (bicyclic) bond motifs is 3. The van der Waals surface area contributed by atoms with Crippen molar-refractivity contribution in [1.29, 1.82) is 0 Å². The van der Waals surface area contributed by atoms with Crippen molar-refractivity contribution in [2.75, 3.05) is 35.2 Å². The summed E-state index contributed by atoms with van der Waals surface area (Å²) in [4.78, 5) is 93.0. The van der Waals surface area contributed by atoms with Crippen molar-refractivity contribution in [2.24, 2.45) is 22.7 Å². The normalized spacial score (nSPS) is 23.3. The molecule has 5 amide bonds. The fourth-order valence-corrected chi connectivity index (χ4v) is 15.0. The highest BCUT2D eigenvalue weighted by atomic mass is 32.1. The summed E-state index contributed by atoms with van der Waals surface area (Å²) >= 11 is 1.43. The Labute approximate surface area is 449 Å². The number of nitrogens with zero attached hydrogens (tertiary/aromatic N) is 6. The molecule has 3 aliphatic heterocycles. The fourth-order valence-electron chi connectivity index (χ4n) is 14.1. The molecule has 1 saturated heterocycles. The van der Waals surface area contributed by atoms with Crippen LogP contribution in [0, 0.1) is 29.6 Å². The number of hydrogen-bond donors (Lipinski definition) is 5.